The van der Waals surface area contributed by atoms with E-state index in [1.165, 1.54) is 0 Å². The van der Waals surface area contributed by atoms with Crippen molar-refractivity contribution in [1.29, 1.82) is 0 Å². The number of carbonyl (C=O) groups excluding carboxylic acids is 1. The smallest absolute Gasteiger partial charge is 0.227 e. The minimum absolute atomic E-state index is 0.0395. The highest BCUT2D eigenvalue weighted by atomic mass is 16.5. The average molecular weight is 277 g/mol. The number of methoxy groups -OCH3 is 1. The number of hydrogen-bond donors (Lipinski definition) is 1. The summed E-state index contributed by atoms with van der Waals surface area (Å²) < 4.78 is 5.32. The van der Waals surface area contributed by atoms with Crippen molar-refractivity contribution in [3.05, 3.63) is 29.3 Å². The fourth-order valence-electron chi connectivity index (χ4n) is 2.91. The molecule has 1 N–H and O–H groups in total. The van der Waals surface area contributed by atoms with E-state index in [-0.39, 0.29) is 18.6 Å². The molecule has 20 heavy (non-hydrogen) atoms. The van der Waals surface area contributed by atoms with Crippen molar-refractivity contribution in [1.82, 2.24) is 4.90 Å². The van der Waals surface area contributed by atoms with Crippen LogP contribution in [0.3, 0.4) is 0 Å². The molecule has 1 heterocycles. The summed E-state index contributed by atoms with van der Waals surface area (Å²) in [6, 6.07) is 5.82. The maximum Gasteiger partial charge on any atom is 0.227 e. The van der Waals surface area contributed by atoms with E-state index in [1.807, 2.05) is 30.0 Å². The van der Waals surface area contributed by atoms with Crippen LogP contribution in [0.4, 0.5) is 0 Å². The minimum atomic E-state index is -0.0432. The molecular formula is C16H23NO3. The summed E-state index contributed by atoms with van der Waals surface area (Å²) in [7, 11) is 1.62. The van der Waals surface area contributed by atoms with Gasteiger partial charge in [0.2, 0.25) is 5.91 Å². The standard InChI is InChI=1S/C16H23NO3/c1-11-4-5-15(20-3)13(8-11)9-16(19)17-7-6-12(2)14(17)10-18/h4-5,8,12,14,18H,6-7,9-10H2,1-3H3. The molecule has 1 aromatic carbocycles. The third-order valence-corrected chi connectivity index (χ3v) is 4.17. The number of aliphatic hydroxyl groups is 1. The Hall–Kier alpha value is -1.55. The fraction of sp³-hybridized carbons (Fsp3) is 0.562. The summed E-state index contributed by atoms with van der Waals surface area (Å²) in [4.78, 5) is 14.3. The van der Waals surface area contributed by atoms with E-state index in [4.69, 9.17) is 4.74 Å². The molecule has 0 spiro atoms. The van der Waals surface area contributed by atoms with Gasteiger partial charge in [-0.25, -0.2) is 0 Å². The van der Waals surface area contributed by atoms with E-state index < -0.39 is 0 Å². The number of hydrogen-bond acceptors (Lipinski definition) is 3. The molecule has 1 amide bonds. The normalized spacial score (nSPS) is 22.1. The number of nitrogens with zero attached hydrogens (tertiary/aromatic N) is 1. The van der Waals surface area contributed by atoms with Gasteiger partial charge in [-0.15, -0.1) is 0 Å². The zero-order valence-corrected chi connectivity index (χ0v) is 12.4. The number of amides is 1. The number of carbonyl (C=O) groups is 1. The lowest BCUT2D eigenvalue weighted by atomic mass is 10.0. The number of likely N-dealkylation sites (tertiary alicyclic amines) is 1. The fourth-order valence-corrected chi connectivity index (χ4v) is 2.91. The van der Waals surface area contributed by atoms with Gasteiger partial charge in [-0.1, -0.05) is 24.6 Å². The lowest BCUT2D eigenvalue weighted by molar-refractivity contribution is -0.132. The van der Waals surface area contributed by atoms with Gasteiger partial charge in [-0.2, -0.15) is 0 Å². The van der Waals surface area contributed by atoms with E-state index in [9.17, 15) is 9.90 Å². The molecule has 4 nitrogen and oxygen atoms in total. The molecule has 0 aromatic heterocycles. The van der Waals surface area contributed by atoms with Crippen LogP contribution >= 0.6 is 0 Å². The number of ether oxygens (including phenoxy) is 1. The molecule has 1 aliphatic rings. The van der Waals surface area contributed by atoms with Crippen molar-refractivity contribution < 1.29 is 14.6 Å². The first-order chi connectivity index (χ1) is 9.56. The van der Waals surface area contributed by atoms with Crippen molar-refractivity contribution in [2.75, 3.05) is 20.3 Å². The number of aliphatic hydroxyl groups excluding tert-OH is 1. The van der Waals surface area contributed by atoms with Crippen molar-refractivity contribution in [3.8, 4) is 5.75 Å². The summed E-state index contributed by atoms with van der Waals surface area (Å²) in [6.07, 6.45) is 1.29. The molecular weight excluding hydrogens is 254 g/mol. The van der Waals surface area contributed by atoms with Crippen LogP contribution in [0.2, 0.25) is 0 Å². The predicted octanol–water partition coefficient (Wildman–Crippen LogP) is 1.78. The Morgan fingerprint density at radius 1 is 1.50 bits per heavy atom. The molecule has 0 bridgehead atoms. The van der Waals surface area contributed by atoms with Gasteiger partial charge in [0.05, 0.1) is 26.2 Å². The number of aryl methyl sites for hydroxylation is 1. The summed E-state index contributed by atoms with van der Waals surface area (Å²) in [5.41, 5.74) is 2.02. The van der Waals surface area contributed by atoms with E-state index in [2.05, 4.69) is 6.92 Å². The molecule has 0 aliphatic carbocycles. The molecule has 110 valence electrons. The molecule has 1 fully saturated rings. The topological polar surface area (TPSA) is 49.8 Å². The van der Waals surface area contributed by atoms with Crippen LogP contribution in [0.5, 0.6) is 5.75 Å². The van der Waals surface area contributed by atoms with Gasteiger partial charge in [0.25, 0.3) is 0 Å². The molecule has 1 aromatic rings. The molecule has 0 radical (unpaired) electrons. The third-order valence-electron chi connectivity index (χ3n) is 4.17. The van der Waals surface area contributed by atoms with Gasteiger partial charge in [0.15, 0.2) is 0 Å². The number of benzene rings is 1. The molecule has 0 saturated carbocycles. The first kappa shape index (κ1) is 14.9. The second kappa shape index (κ2) is 6.27. The van der Waals surface area contributed by atoms with Crippen LogP contribution in [0.15, 0.2) is 18.2 Å². The average Bonchev–Trinajstić information content (AvgIpc) is 2.80. The Kier molecular flexibility index (Phi) is 4.65. The Balaban J connectivity index is 2.14. The van der Waals surface area contributed by atoms with E-state index in [1.54, 1.807) is 7.11 Å². The molecule has 2 unspecified atom stereocenters. The van der Waals surface area contributed by atoms with Gasteiger partial charge < -0.3 is 14.7 Å². The zero-order chi connectivity index (χ0) is 14.7. The van der Waals surface area contributed by atoms with Crippen molar-refractivity contribution in [2.24, 2.45) is 5.92 Å². The lowest BCUT2D eigenvalue weighted by Crippen LogP contribution is -2.40. The van der Waals surface area contributed by atoms with Crippen LogP contribution in [-0.4, -0.2) is 42.2 Å². The highest BCUT2D eigenvalue weighted by molar-refractivity contribution is 5.80. The molecule has 1 saturated heterocycles. The van der Waals surface area contributed by atoms with E-state index in [0.717, 1.165) is 29.8 Å². The number of rotatable bonds is 4. The van der Waals surface area contributed by atoms with Crippen LogP contribution in [0.1, 0.15) is 24.5 Å². The van der Waals surface area contributed by atoms with Crippen molar-refractivity contribution in [3.63, 3.8) is 0 Å². The largest absolute Gasteiger partial charge is 0.496 e. The van der Waals surface area contributed by atoms with Crippen molar-refractivity contribution in [2.45, 2.75) is 32.7 Å². The van der Waals surface area contributed by atoms with Gasteiger partial charge in [-0.05, 0) is 25.3 Å². The lowest BCUT2D eigenvalue weighted by Gasteiger charge is -2.25. The maximum atomic E-state index is 12.5. The quantitative estimate of drug-likeness (QED) is 0.912. The Morgan fingerprint density at radius 2 is 2.25 bits per heavy atom. The van der Waals surface area contributed by atoms with Gasteiger partial charge in [-0.3, -0.25) is 4.79 Å². The first-order valence-corrected chi connectivity index (χ1v) is 7.10. The highest BCUT2D eigenvalue weighted by Gasteiger charge is 2.33. The Bertz CT molecular complexity index is 487. The summed E-state index contributed by atoms with van der Waals surface area (Å²) in [5.74, 6) is 1.18. The van der Waals surface area contributed by atoms with Crippen LogP contribution in [0, 0.1) is 12.8 Å². The monoisotopic (exact) mass is 277 g/mol. The summed E-state index contributed by atoms with van der Waals surface area (Å²) >= 11 is 0. The molecule has 4 heteroatoms. The Morgan fingerprint density at radius 3 is 2.90 bits per heavy atom. The third kappa shape index (κ3) is 2.96. The van der Waals surface area contributed by atoms with Crippen LogP contribution in [-0.2, 0) is 11.2 Å². The zero-order valence-electron chi connectivity index (χ0n) is 12.4. The van der Waals surface area contributed by atoms with Gasteiger partial charge in [0, 0.05) is 12.1 Å². The van der Waals surface area contributed by atoms with Gasteiger partial charge >= 0.3 is 0 Å². The van der Waals surface area contributed by atoms with Gasteiger partial charge in [0.1, 0.15) is 5.75 Å². The highest BCUT2D eigenvalue weighted by Crippen LogP contribution is 2.26. The minimum Gasteiger partial charge on any atom is -0.496 e. The summed E-state index contributed by atoms with van der Waals surface area (Å²) in [5, 5.41) is 9.45. The van der Waals surface area contributed by atoms with Crippen LogP contribution < -0.4 is 4.74 Å². The maximum absolute atomic E-state index is 12.5. The van der Waals surface area contributed by atoms with E-state index in [0.29, 0.717) is 12.3 Å². The van der Waals surface area contributed by atoms with Crippen LogP contribution in [0.25, 0.3) is 0 Å². The molecule has 1 aliphatic heterocycles. The predicted molar refractivity (Wildman–Crippen MR) is 77.8 cm³/mol. The summed E-state index contributed by atoms with van der Waals surface area (Å²) in [6.45, 7) is 4.86. The Labute approximate surface area is 120 Å². The molecule has 2 atom stereocenters. The molecule has 2 rings (SSSR count). The van der Waals surface area contributed by atoms with E-state index >= 15 is 0 Å². The second-order valence-electron chi connectivity index (χ2n) is 5.60. The second-order valence-corrected chi connectivity index (χ2v) is 5.60. The SMILES string of the molecule is COc1ccc(C)cc1CC(=O)N1CCC(C)C1CO. The first-order valence-electron chi connectivity index (χ1n) is 7.10. The van der Waals surface area contributed by atoms with Crippen molar-refractivity contribution >= 4 is 5.91 Å².